The van der Waals surface area contributed by atoms with Gasteiger partial charge in [0.05, 0.1) is 19.2 Å². The van der Waals surface area contributed by atoms with Crippen molar-refractivity contribution in [3.63, 3.8) is 0 Å². The number of anilines is 2. The predicted molar refractivity (Wildman–Crippen MR) is 154 cm³/mol. The highest BCUT2D eigenvalue weighted by atomic mass is 35.5. The summed E-state index contributed by atoms with van der Waals surface area (Å²) in [6.07, 6.45) is 0.121. The zero-order valence-electron chi connectivity index (χ0n) is 22.0. The molecule has 0 fully saturated rings. The van der Waals surface area contributed by atoms with Gasteiger partial charge in [-0.3, -0.25) is 13.9 Å². The first-order valence-electron chi connectivity index (χ1n) is 12.1. The van der Waals surface area contributed by atoms with E-state index in [4.69, 9.17) is 21.1 Å². The van der Waals surface area contributed by atoms with E-state index < -0.39 is 21.5 Å². The van der Waals surface area contributed by atoms with Crippen LogP contribution in [0.15, 0.2) is 70.5 Å². The third-order valence-electron chi connectivity index (χ3n) is 5.72. The largest absolute Gasteiger partial charge is 0.495 e. The van der Waals surface area contributed by atoms with Crippen molar-refractivity contribution in [3.05, 3.63) is 76.8 Å². The van der Waals surface area contributed by atoms with Gasteiger partial charge in [0, 0.05) is 33.5 Å². The molecule has 0 radical (unpaired) electrons. The zero-order chi connectivity index (χ0) is 28.4. The van der Waals surface area contributed by atoms with Crippen LogP contribution in [0.4, 0.5) is 11.4 Å². The van der Waals surface area contributed by atoms with Gasteiger partial charge in [0.25, 0.3) is 15.9 Å². The number of hydrogen-bond acceptors (Lipinski definition) is 7. The first-order chi connectivity index (χ1) is 18.4. The third-order valence-corrected chi connectivity index (χ3v) is 8.83. The van der Waals surface area contributed by atoms with E-state index in [1.807, 2.05) is 20.8 Å². The lowest BCUT2D eigenvalue weighted by molar-refractivity contribution is -0.153. The number of nitrogens with one attached hydrogen (secondary N) is 1. The molecule has 3 aromatic carbocycles. The Morgan fingerprint density at radius 1 is 1.05 bits per heavy atom. The molecule has 4 rings (SSSR count). The van der Waals surface area contributed by atoms with Crippen molar-refractivity contribution in [2.45, 2.75) is 42.6 Å². The van der Waals surface area contributed by atoms with Gasteiger partial charge in [0.15, 0.2) is 0 Å². The standard InChI is InChI=1S/C28H29ClN2O6S2/c1-28(2,3)37-26(32)15-18-5-9-21(10-6-18)30-27(33)19-7-12-24-22(16-19)31(13-14-38-24)39(34,35)25-17-20(29)8-11-23(25)36-4/h5-12,16-17H,13-15H2,1-4H3,(H,30,33). The number of thioether (sulfide) groups is 1. The Bertz CT molecular complexity index is 1500. The van der Waals surface area contributed by atoms with Crippen molar-refractivity contribution < 1.29 is 27.5 Å². The van der Waals surface area contributed by atoms with Gasteiger partial charge < -0.3 is 14.8 Å². The summed E-state index contributed by atoms with van der Waals surface area (Å²) >= 11 is 7.62. The number of amides is 1. The van der Waals surface area contributed by atoms with Crippen LogP contribution in [0.3, 0.4) is 0 Å². The SMILES string of the molecule is COc1ccc(Cl)cc1S(=O)(=O)N1CCSc2ccc(C(=O)Nc3ccc(CC(=O)OC(C)(C)C)cc3)cc21. The minimum Gasteiger partial charge on any atom is -0.495 e. The average molecular weight is 589 g/mol. The number of benzene rings is 3. The third kappa shape index (κ3) is 6.87. The molecular weight excluding hydrogens is 560 g/mol. The number of carbonyl (C=O) groups is 2. The minimum absolute atomic E-state index is 0.0447. The van der Waals surface area contributed by atoms with Crippen LogP contribution in [-0.2, 0) is 26.0 Å². The molecular formula is C28H29ClN2O6S2. The maximum Gasteiger partial charge on any atom is 0.310 e. The second-order valence-electron chi connectivity index (χ2n) is 9.82. The molecule has 0 saturated heterocycles. The fraction of sp³-hybridized carbons (Fsp3) is 0.286. The van der Waals surface area contributed by atoms with Crippen LogP contribution in [-0.4, -0.2) is 45.3 Å². The summed E-state index contributed by atoms with van der Waals surface area (Å²) in [5.74, 6) is 0.00582. The van der Waals surface area contributed by atoms with Crippen molar-refractivity contribution in [3.8, 4) is 5.75 Å². The first-order valence-corrected chi connectivity index (χ1v) is 14.9. The molecule has 0 aliphatic carbocycles. The van der Waals surface area contributed by atoms with Gasteiger partial charge in [-0.15, -0.1) is 11.8 Å². The topological polar surface area (TPSA) is 102 Å². The molecule has 8 nitrogen and oxygen atoms in total. The second kappa shape index (κ2) is 11.5. The summed E-state index contributed by atoms with van der Waals surface area (Å²) in [5, 5.41) is 3.10. The van der Waals surface area contributed by atoms with E-state index in [9.17, 15) is 18.0 Å². The number of halogens is 1. The van der Waals surface area contributed by atoms with Crippen molar-refractivity contribution in [2.24, 2.45) is 0 Å². The Morgan fingerprint density at radius 2 is 1.77 bits per heavy atom. The Labute approximate surface area is 237 Å². The summed E-state index contributed by atoms with van der Waals surface area (Å²) in [6, 6.07) is 16.3. The fourth-order valence-corrected chi connectivity index (χ4v) is 7.05. The number of hydrogen-bond donors (Lipinski definition) is 1. The van der Waals surface area contributed by atoms with E-state index in [-0.39, 0.29) is 34.6 Å². The molecule has 0 saturated carbocycles. The van der Waals surface area contributed by atoms with E-state index in [1.54, 1.807) is 48.5 Å². The lowest BCUT2D eigenvalue weighted by Gasteiger charge is -2.31. The lowest BCUT2D eigenvalue weighted by Crippen LogP contribution is -2.36. The number of esters is 1. The lowest BCUT2D eigenvalue weighted by atomic mass is 10.1. The molecule has 1 aliphatic rings. The molecule has 3 aromatic rings. The van der Waals surface area contributed by atoms with Crippen molar-refractivity contribution in [1.82, 2.24) is 0 Å². The molecule has 1 aliphatic heterocycles. The molecule has 206 valence electrons. The molecule has 0 aromatic heterocycles. The van der Waals surface area contributed by atoms with Gasteiger partial charge >= 0.3 is 5.97 Å². The van der Waals surface area contributed by atoms with Gasteiger partial charge in [-0.25, -0.2) is 8.42 Å². The average Bonchev–Trinajstić information content (AvgIpc) is 2.88. The zero-order valence-corrected chi connectivity index (χ0v) is 24.4. The second-order valence-corrected chi connectivity index (χ2v) is 13.2. The Hall–Kier alpha value is -3.21. The number of ether oxygens (including phenoxy) is 2. The highest BCUT2D eigenvalue weighted by Gasteiger charge is 2.32. The van der Waals surface area contributed by atoms with Crippen molar-refractivity contribution in [1.29, 1.82) is 0 Å². The van der Waals surface area contributed by atoms with Gasteiger partial charge in [-0.2, -0.15) is 0 Å². The molecule has 11 heteroatoms. The summed E-state index contributed by atoms with van der Waals surface area (Å²) in [6.45, 7) is 5.66. The quantitative estimate of drug-likeness (QED) is 0.349. The molecule has 0 unspecified atom stereocenters. The summed E-state index contributed by atoms with van der Waals surface area (Å²) in [5.41, 5.74) is 1.44. The number of fused-ring (bicyclic) bond motifs is 1. The van der Waals surface area contributed by atoms with E-state index in [1.165, 1.54) is 35.3 Å². The Kier molecular flexibility index (Phi) is 8.48. The normalized spacial score (nSPS) is 13.4. The van der Waals surface area contributed by atoms with Gasteiger partial charge in [0.1, 0.15) is 16.2 Å². The van der Waals surface area contributed by atoms with Gasteiger partial charge in [-0.1, -0.05) is 23.7 Å². The van der Waals surface area contributed by atoms with Crippen LogP contribution in [0.2, 0.25) is 5.02 Å². The molecule has 0 bridgehead atoms. The van der Waals surface area contributed by atoms with Gasteiger partial charge in [-0.05, 0) is 74.9 Å². The van der Waals surface area contributed by atoms with Crippen LogP contribution >= 0.6 is 23.4 Å². The Balaban J connectivity index is 1.54. The van der Waals surface area contributed by atoms with Crippen LogP contribution in [0.1, 0.15) is 36.7 Å². The molecule has 0 atom stereocenters. The van der Waals surface area contributed by atoms with E-state index >= 15 is 0 Å². The van der Waals surface area contributed by atoms with Gasteiger partial charge in [0.2, 0.25) is 0 Å². The van der Waals surface area contributed by atoms with E-state index in [0.717, 1.165) is 10.5 Å². The number of methoxy groups -OCH3 is 1. The van der Waals surface area contributed by atoms with E-state index in [0.29, 0.717) is 22.7 Å². The Morgan fingerprint density at radius 3 is 2.44 bits per heavy atom. The highest BCUT2D eigenvalue weighted by molar-refractivity contribution is 8.00. The minimum atomic E-state index is -4.03. The maximum atomic E-state index is 13.7. The first kappa shape index (κ1) is 28.8. The summed E-state index contributed by atoms with van der Waals surface area (Å²) in [7, 11) is -2.63. The highest BCUT2D eigenvalue weighted by Crippen LogP contribution is 2.40. The van der Waals surface area contributed by atoms with Crippen LogP contribution in [0, 0.1) is 0 Å². The molecule has 1 N–H and O–H groups in total. The van der Waals surface area contributed by atoms with Crippen LogP contribution in [0.25, 0.3) is 0 Å². The van der Waals surface area contributed by atoms with Crippen LogP contribution < -0.4 is 14.4 Å². The smallest absolute Gasteiger partial charge is 0.310 e. The fourth-order valence-electron chi connectivity index (χ4n) is 4.01. The summed E-state index contributed by atoms with van der Waals surface area (Å²) in [4.78, 5) is 25.9. The molecule has 39 heavy (non-hydrogen) atoms. The molecule has 1 heterocycles. The van der Waals surface area contributed by atoms with Crippen molar-refractivity contribution >= 4 is 56.6 Å². The number of nitrogens with zero attached hydrogens (tertiary/aromatic N) is 1. The monoisotopic (exact) mass is 588 g/mol. The number of sulfonamides is 1. The van der Waals surface area contributed by atoms with Crippen LogP contribution in [0.5, 0.6) is 5.75 Å². The maximum absolute atomic E-state index is 13.7. The predicted octanol–water partition coefficient (Wildman–Crippen LogP) is 5.79. The molecule has 0 spiro atoms. The number of rotatable bonds is 7. The molecule has 1 amide bonds. The van der Waals surface area contributed by atoms with Crippen molar-refractivity contribution in [2.75, 3.05) is 29.0 Å². The van der Waals surface area contributed by atoms with E-state index in [2.05, 4.69) is 5.32 Å². The summed E-state index contributed by atoms with van der Waals surface area (Å²) < 4.78 is 39.3. The number of carbonyl (C=O) groups excluding carboxylic acids is 2.